The zero-order chi connectivity index (χ0) is 10.9. The number of nitrogens with two attached hydrogens (primary N) is 1. The van der Waals surface area contributed by atoms with Crippen molar-refractivity contribution in [3.63, 3.8) is 0 Å². The second-order valence-electron chi connectivity index (χ2n) is 2.39. The summed E-state index contributed by atoms with van der Waals surface area (Å²) in [5.74, 6) is -1.89. The summed E-state index contributed by atoms with van der Waals surface area (Å²) in [6.45, 7) is 0. The van der Waals surface area contributed by atoms with Gasteiger partial charge in [0.1, 0.15) is 5.82 Å². The number of nitrogens with zero attached hydrogens (tertiary/aromatic N) is 1. The van der Waals surface area contributed by atoms with E-state index in [9.17, 15) is 13.6 Å². The summed E-state index contributed by atoms with van der Waals surface area (Å²) in [4.78, 5) is 13.8. The molecule has 1 heterocycles. The molecular formula is C7H5ClF2N2O2. The summed E-state index contributed by atoms with van der Waals surface area (Å²) >= 11 is 5.42. The number of nitrogen functional groups attached to an aromatic ring is 1. The second-order valence-corrected chi connectivity index (χ2v) is 2.77. The molecule has 0 amide bonds. The second kappa shape index (κ2) is 3.75. The molecule has 0 unspecified atom stereocenters. The number of aromatic carboxylic acids is 1. The van der Waals surface area contributed by atoms with E-state index < -0.39 is 34.4 Å². The fourth-order valence-corrected chi connectivity index (χ4v) is 1.18. The van der Waals surface area contributed by atoms with Gasteiger partial charge in [0.05, 0.1) is 16.1 Å². The highest BCUT2D eigenvalue weighted by atomic mass is 35.5. The molecule has 0 aliphatic heterocycles. The highest BCUT2D eigenvalue weighted by Crippen LogP contribution is 2.32. The lowest BCUT2D eigenvalue weighted by Gasteiger charge is -2.07. The summed E-state index contributed by atoms with van der Waals surface area (Å²) in [5, 5.41) is 7.98. The SMILES string of the molecule is Nc1ncc(C(=O)O)c(Cl)c1C(F)F. The Hall–Kier alpha value is -1.43. The molecule has 14 heavy (non-hydrogen) atoms. The maximum absolute atomic E-state index is 12.3. The van der Waals surface area contributed by atoms with Gasteiger partial charge in [0.15, 0.2) is 0 Å². The average Bonchev–Trinajstić information content (AvgIpc) is 2.02. The number of hydrogen-bond donors (Lipinski definition) is 2. The zero-order valence-electron chi connectivity index (χ0n) is 6.67. The predicted molar refractivity (Wildman–Crippen MR) is 45.6 cm³/mol. The van der Waals surface area contributed by atoms with Gasteiger partial charge >= 0.3 is 5.97 Å². The molecule has 0 aromatic carbocycles. The molecule has 0 fully saturated rings. The maximum atomic E-state index is 12.3. The van der Waals surface area contributed by atoms with Crippen LogP contribution in [0.3, 0.4) is 0 Å². The monoisotopic (exact) mass is 222 g/mol. The molecule has 0 aliphatic carbocycles. The van der Waals surface area contributed by atoms with Crippen LogP contribution in [0.15, 0.2) is 6.20 Å². The molecule has 0 aliphatic rings. The molecule has 3 N–H and O–H groups in total. The van der Waals surface area contributed by atoms with E-state index in [1.165, 1.54) is 0 Å². The number of carboxylic acid groups (broad SMARTS) is 1. The third-order valence-corrected chi connectivity index (χ3v) is 1.94. The van der Waals surface area contributed by atoms with Crippen LogP contribution in [0.4, 0.5) is 14.6 Å². The average molecular weight is 223 g/mol. The minimum atomic E-state index is -2.95. The highest BCUT2D eigenvalue weighted by Gasteiger charge is 2.22. The molecule has 0 saturated heterocycles. The van der Waals surface area contributed by atoms with E-state index in [-0.39, 0.29) is 0 Å². The van der Waals surface area contributed by atoms with Gasteiger partial charge in [0.25, 0.3) is 6.43 Å². The third-order valence-electron chi connectivity index (χ3n) is 1.53. The van der Waals surface area contributed by atoms with E-state index in [4.69, 9.17) is 22.4 Å². The smallest absolute Gasteiger partial charge is 0.338 e. The summed E-state index contributed by atoms with van der Waals surface area (Å²) in [7, 11) is 0. The minimum Gasteiger partial charge on any atom is -0.478 e. The van der Waals surface area contributed by atoms with E-state index in [1.54, 1.807) is 0 Å². The van der Waals surface area contributed by atoms with Gasteiger partial charge in [-0.3, -0.25) is 0 Å². The normalized spacial score (nSPS) is 10.6. The first-order valence-corrected chi connectivity index (χ1v) is 3.78. The van der Waals surface area contributed by atoms with Crippen LogP contribution in [0, 0.1) is 0 Å². The van der Waals surface area contributed by atoms with Gasteiger partial charge in [0, 0.05) is 6.20 Å². The number of pyridine rings is 1. The van der Waals surface area contributed by atoms with Crippen LogP contribution in [0.5, 0.6) is 0 Å². The maximum Gasteiger partial charge on any atom is 0.338 e. The summed E-state index contributed by atoms with van der Waals surface area (Å²) in [5.41, 5.74) is 3.89. The fraction of sp³-hybridized carbons (Fsp3) is 0.143. The summed E-state index contributed by atoms with van der Waals surface area (Å²) in [6.07, 6.45) is -2.11. The Kier molecular flexibility index (Phi) is 2.85. The fourth-order valence-electron chi connectivity index (χ4n) is 0.875. The lowest BCUT2D eigenvalue weighted by Crippen LogP contribution is -2.06. The van der Waals surface area contributed by atoms with Crippen molar-refractivity contribution in [2.45, 2.75) is 6.43 Å². The molecular weight excluding hydrogens is 218 g/mol. The van der Waals surface area contributed by atoms with E-state index in [0.29, 0.717) is 0 Å². The molecule has 4 nitrogen and oxygen atoms in total. The van der Waals surface area contributed by atoms with Crippen LogP contribution < -0.4 is 5.73 Å². The molecule has 76 valence electrons. The largest absolute Gasteiger partial charge is 0.478 e. The first kappa shape index (κ1) is 10.6. The molecule has 0 bridgehead atoms. The molecule has 0 radical (unpaired) electrons. The van der Waals surface area contributed by atoms with Crippen molar-refractivity contribution in [3.05, 3.63) is 22.3 Å². The Labute approximate surface area is 82.3 Å². The first-order chi connectivity index (χ1) is 6.45. The van der Waals surface area contributed by atoms with Crippen molar-refractivity contribution in [2.24, 2.45) is 0 Å². The lowest BCUT2D eigenvalue weighted by molar-refractivity contribution is 0.0696. The Morgan fingerprint density at radius 3 is 2.64 bits per heavy atom. The van der Waals surface area contributed by atoms with E-state index in [2.05, 4.69) is 4.98 Å². The molecule has 1 rings (SSSR count). The predicted octanol–water partition coefficient (Wildman–Crippen LogP) is 1.95. The molecule has 1 aromatic heterocycles. The van der Waals surface area contributed by atoms with E-state index in [1.807, 2.05) is 0 Å². The van der Waals surface area contributed by atoms with Crippen molar-refractivity contribution in [1.29, 1.82) is 0 Å². The van der Waals surface area contributed by atoms with Gasteiger partial charge in [-0.25, -0.2) is 18.6 Å². The number of halogens is 3. The van der Waals surface area contributed by atoms with Gasteiger partial charge < -0.3 is 10.8 Å². The Balaban J connectivity index is 3.41. The van der Waals surface area contributed by atoms with E-state index in [0.717, 1.165) is 6.20 Å². The van der Waals surface area contributed by atoms with Crippen LogP contribution >= 0.6 is 11.6 Å². The molecule has 1 aromatic rings. The molecule has 0 spiro atoms. The number of carboxylic acids is 1. The Morgan fingerprint density at radius 1 is 1.64 bits per heavy atom. The third kappa shape index (κ3) is 1.74. The van der Waals surface area contributed by atoms with Gasteiger partial charge in [-0.15, -0.1) is 0 Å². The molecule has 0 saturated carbocycles. The number of aromatic nitrogens is 1. The van der Waals surface area contributed by atoms with Gasteiger partial charge in [-0.05, 0) is 0 Å². The number of alkyl halides is 2. The number of anilines is 1. The standard InChI is InChI=1S/C7H5ClF2N2O2/c8-4-2(7(13)14)1-12-6(11)3(4)5(9)10/h1,5H,(H2,11,12)(H,13,14). The van der Waals surface area contributed by atoms with Crippen molar-refractivity contribution >= 4 is 23.4 Å². The number of rotatable bonds is 2. The Morgan fingerprint density at radius 2 is 2.21 bits per heavy atom. The van der Waals surface area contributed by atoms with Crippen molar-refractivity contribution in [1.82, 2.24) is 4.98 Å². The van der Waals surface area contributed by atoms with Crippen LogP contribution in [0.25, 0.3) is 0 Å². The van der Waals surface area contributed by atoms with Gasteiger partial charge in [-0.2, -0.15) is 0 Å². The number of hydrogen-bond acceptors (Lipinski definition) is 3. The van der Waals surface area contributed by atoms with Crippen LogP contribution in [0.2, 0.25) is 5.02 Å². The molecule has 7 heteroatoms. The van der Waals surface area contributed by atoms with Gasteiger partial charge in [-0.1, -0.05) is 11.6 Å². The minimum absolute atomic E-state index is 0.463. The molecule has 0 atom stereocenters. The van der Waals surface area contributed by atoms with Gasteiger partial charge in [0.2, 0.25) is 0 Å². The highest BCUT2D eigenvalue weighted by molar-refractivity contribution is 6.34. The quantitative estimate of drug-likeness (QED) is 0.802. The van der Waals surface area contributed by atoms with Crippen molar-refractivity contribution < 1.29 is 18.7 Å². The van der Waals surface area contributed by atoms with Crippen LogP contribution in [-0.4, -0.2) is 16.1 Å². The Bertz CT molecular complexity index is 384. The lowest BCUT2D eigenvalue weighted by atomic mass is 10.2. The van der Waals surface area contributed by atoms with E-state index >= 15 is 0 Å². The van der Waals surface area contributed by atoms with Crippen molar-refractivity contribution in [3.8, 4) is 0 Å². The van der Waals surface area contributed by atoms with Crippen LogP contribution in [-0.2, 0) is 0 Å². The zero-order valence-corrected chi connectivity index (χ0v) is 7.42. The summed E-state index contributed by atoms with van der Waals surface area (Å²) in [6, 6.07) is 0. The van der Waals surface area contributed by atoms with Crippen LogP contribution in [0.1, 0.15) is 22.3 Å². The van der Waals surface area contributed by atoms with Crippen molar-refractivity contribution in [2.75, 3.05) is 5.73 Å². The summed E-state index contributed by atoms with van der Waals surface area (Å²) < 4.78 is 24.7. The first-order valence-electron chi connectivity index (χ1n) is 3.40. The number of carbonyl (C=O) groups is 1. The topological polar surface area (TPSA) is 76.2 Å².